The summed E-state index contributed by atoms with van der Waals surface area (Å²) in [5.41, 5.74) is 0. The molecule has 1 aliphatic rings. The zero-order valence-electron chi connectivity index (χ0n) is 10.3. The quantitative estimate of drug-likeness (QED) is 0.646. The first-order valence-corrected chi connectivity index (χ1v) is 6.15. The standard InChI is InChI=1S/C12H22N2O2/c1-3-15-12(16-4-2)10-14-7-5-11(9-13)6-8-14/h11-12H,3-8,10H2,1-2H3. The Morgan fingerprint density at radius 1 is 1.25 bits per heavy atom. The number of piperidine rings is 1. The number of nitrogens with zero attached hydrogens (tertiary/aromatic N) is 2. The predicted molar refractivity (Wildman–Crippen MR) is 61.8 cm³/mol. The monoisotopic (exact) mass is 226 g/mol. The van der Waals surface area contributed by atoms with Gasteiger partial charge in [-0.25, -0.2) is 0 Å². The highest BCUT2D eigenvalue weighted by Crippen LogP contribution is 2.16. The molecule has 0 saturated carbocycles. The van der Waals surface area contributed by atoms with E-state index in [4.69, 9.17) is 14.7 Å². The Kier molecular flexibility index (Phi) is 6.39. The fourth-order valence-electron chi connectivity index (χ4n) is 1.98. The van der Waals surface area contributed by atoms with Crippen molar-refractivity contribution in [1.29, 1.82) is 5.26 Å². The largest absolute Gasteiger partial charge is 0.352 e. The van der Waals surface area contributed by atoms with Crippen molar-refractivity contribution in [2.45, 2.75) is 33.0 Å². The first kappa shape index (κ1) is 13.4. The number of rotatable bonds is 6. The summed E-state index contributed by atoms with van der Waals surface area (Å²) in [4.78, 5) is 2.32. The third kappa shape index (κ3) is 4.48. The Morgan fingerprint density at radius 2 is 1.81 bits per heavy atom. The van der Waals surface area contributed by atoms with Crippen LogP contribution in [0.15, 0.2) is 0 Å². The smallest absolute Gasteiger partial charge is 0.170 e. The second kappa shape index (κ2) is 7.61. The van der Waals surface area contributed by atoms with Crippen LogP contribution in [0.25, 0.3) is 0 Å². The van der Waals surface area contributed by atoms with E-state index < -0.39 is 0 Å². The van der Waals surface area contributed by atoms with Gasteiger partial charge in [0, 0.05) is 25.7 Å². The van der Waals surface area contributed by atoms with Crippen molar-refractivity contribution in [1.82, 2.24) is 4.90 Å². The van der Waals surface area contributed by atoms with E-state index >= 15 is 0 Å². The number of nitriles is 1. The number of ether oxygens (including phenoxy) is 2. The lowest BCUT2D eigenvalue weighted by atomic mass is 9.99. The Bertz CT molecular complexity index is 214. The van der Waals surface area contributed by atoms with Gasteiger partial charge in [-0.1, -0.05) is 0 Å². The summed E-state index contributed by atoms with van der Waals surface area (Å²) in [6.07, 6.45) is 1.83. The van der Waals surface area contributed by atoms with Crippen LogP contribution < -0.4 is 0 Å². The summed E-state index contributed by atoms with van der Waals surface area (Å²) in [5.74, 6) is 0.244. The number of likely N-dealkylation sites (tertiary alicyclic amines) is 1. The lowest BCUT2D eigenvalue weighted by molar-refractivity contribution is -0.148. The minimum absolute atomic E-state index is 0.117. The van der Waals surface area contributed by atoms with Crippen molar-refractivity contribution in [3.8, 4) is 6.07 Å². The minimum atomic E-state index is -0.117. The summed E-state index contributed by atoms with van der Waals surface area (Å²) in [6.45, 7) is 8.10. The molecule has 92 valence electrons. The van der Waals surface area contributed by atoms with Gasteiger partial charge in [0.2, 0.25) is 0 Å². The summed E-state index contributed by atoms with van der Waals surface area (Å²) >= 11 is 0. The SMILES string of the molecule is CCOC(CN1CCC(C#N)CC1)OCC. The second-order valence-electron chi connectivity index (χ2n) is 4.04. The minimum Gasteiger partial charge on any atom is -0.352 e. The fraction of sp³-hybridized carbons (Fsp3) is 0.917. The molecule has 0 amide bonds. The van der Waals surface area contributed by atoms with Gasteiger partial charge in [-0.3, -0.25) is 4.90 Å². The van der Waals surface area contributed by atoms with E-state index in [1.165, 1.54) is 0 Å². The van der Waals surface area contributed by atoms with Gasteiger partial charge >= 0.3 is 0 Å². The molecular weight excluding hydrogens is 204 g/mol. The van der Waals surface area contributed by atoms with Crippen LogP contribution in [0, 0.1) is 17.2 Å². The molecule has 1 fully saturated rings. The van der Waals surface area contributed by atoms with Crippen LogP contribution in [0.1, 0.15) is 26.7 Å². The van der Waals surface area contributed by atoms with Crippen molar-refractivity contribution in [2.24, 2.45) is 5.92 Å². The molecular formula is C12H22N2O2. The molecule has 1 heterocycles. The topological polar surface area (TPSA) is 45.5 Å². The average molecular weight is 226 g/mol. The van der Waals surface area contributed by atoms with Crippen LogP contribution in [-0.2, 0) is 9.47 Å². The molecule has 1 rings (SSSR count). The predicted octanol–water partition coefficient (Wildman–Crippen LogP) is 1.62. The molecule has 0 N–H and O–H groups in total. The van der Waals surface area contributed by atoms with Crippen LogP contribution in [0.3, 0.4) is 0 Å². The van der Waals surface area contributed by atoms with Crippen LogP contribution in [0.5, 0.6) is 0 Å². The molecule has 4 nitrogen and oxygen atoms in total. The van der Waals surface area contributed by atoms with Crippen LogP contribution in [0.2, 0.25) is 0 Å². The highest BCUT2D eigenvalue weighted by atomic mass is 16.7. The zero-order valence-corrected chi connectivity index (χ0v) is 10.3. The van der Waals surface area contributed by atoms with Gasteiger partial charge in [-0.2, -0.15) is 5.26 Å². The molecule has 0 aromatic rings. The van der Waals surface area contributed by atoms with E-state index in [0.717, 1.165) is 32.5 Å². The van der Waals surface area contributed by atoms with Crippen molar-refractivity contribution < 1.29 is 9.47 Å². The molecule has 4 heteroatoms. The first-order chi connectivity index (χ1) is 7.80. The molecule has 0 unspecified atom stereocenters. The zero-order chi connectivity index (χ0) is 11.8. The molecule has 1 saturated heterocycles. The summed E-state index contributed by atoms with van der Waals surface area (Å²) in [7, 11) is 0. The normalized spacial score (nSPS) is 18.9. The van der Waals surface area contributed by atoms with Gasteiger partial charge < -0.3 is 9.47 Å². The van der Waals surface area contributed by atoms with E-state index in [0.29, 0.717) is 13.2 Å². The Hall–Kier alpha value is -0.630. The summed E-state index contributed by atoms with van der Waals surface area (Å²) < 4.78 is 11.0. The molecule has 0 aromatic carbocycles. The molecule has 0 bridgehead atoms. The third-order valence-corrected chi connectivity index (χ3v) is 2.88. The maximum absolute atomic E-state index is 8.81. The molecule has 0 aliphatic carbocycles. The molecule has 0 atom stereocenters. The van der Waals surface area contributed by atoms with Gasteiger partial charge in [0.05, 0.1) is 6.07 Å². The van der Waals surface area contributed by atoms with Crippen molar-refractivity contribution in [2.75, 3.05) is 32.8 Å². The molecule has 0 radical (unpaired) electrons. The van der Waals surface area contributed by atoms with E-state index in [1.807, 2.05) is 13.8 Å². The second-order valence-corrected chi connectivity index (χ2v) is 4.04. The highest BCUT2D eigenvalue weighted by molar-refractivity contribution is 4.87. The molecule has 16 heavy (non-hydrogen) atoms. The first-order valence-electron chi connectivity index (χ1n) is 6.15. The lowest BCUT2D eigenvalue weighted by Gasteiger charge is -2.31. The average Bonchev–Trinajstić information content (AvgIpc) is 2.31. The molecule has 0 spiro atoms. The van der Waals surface area contributed by atoms with Gasteiger partial charge in [-0.05, 0) is 39.8 Å². The lowest BCUT2D eigenvalue weighted by Crippen LogP contribution is -2.40. The number of hydrogen-bond acceptors (Lipinski definition) is 4. The van der Waals surface area contributed by atoms with Crippen molar-refractivity contribution in [3.63, 3.8) is 0 Å². The third-order valence-electron chi connectivity index (χ3n) is 2.88. The van der Waals surface area contributed by atoms with E-state index in [1.54, 1.807) is 0 Å². The van der Waals surface area contributed by atoms with Crippen LogP contribution >= 0.6 is 0 Å². The van der Waals surface area contributed by atoms with E-state index in [9.17, 15) is 0 Å². The number of hydrogen-bond donors (Lipinski definition) is 0. The summed E-state index contributed by atoms with van der Waals surface area (Å²) in [5, 5.41) is 8.81. The Morgan fingerprint density at radius 3 is 2.25 bits per heavy atom. The van der Waals surface area contributed by atoms with Crippen molar-refractivity contribution >= 4 is 0 Å². The fourth-order valence-corrected chi connectivity index (χ4v) is 1.98. The van der Waals surface area contributed by atoms with Crippen LogP contribution in [0.4, 0.5) is 0 Å². The van der Waals surface area contributed by atoms with Gasteiger partial charge in [0.25, 0.3) is 0 Å². The summed E-state index contributed by atoms with van der Waals surface area (Å²) in [6, 6.07) is 2.34. The van der Waals surface area contributed by atoms with Crippen LogP contribution in [-0.4, -0.2) is 44.0 Å². The highest BCUT2D eigenvalue weighted by Gasteiger charge is 2.21. The maximum Gasteiger partial charge on any atom is 0.170 e. The van der Waals surface area contributed by atoms with E-state index in [2.05, 4.69) is 11.0 Å². The van der Waals surface area contributed by atoms with Gasteiger partial charge in [-0.15, -0.1) is 0 Å². The van der Waals surface area contributed by atoms with Gasteiger partial charge in [0.1, 0.15) is 0 Å². The molecule has 0 aromatic heterocycles. The molecule has 1 aliphatic heterocycles. The van der Waals surface area contributed by atoms with Gasteiger partial charge in [0.15, 0.2) is 6.29 Å². The van der Waals surface area contributed by atoms with Crippen molar-refractivity contribution in [3.05, 3.63) is 0 Å². The Balaban J connectivity index is 2.27. The maximum atomic E-state index is 8.81. The Labute approximate surface area is 98.1 Å². The van der Waals surface area contributed by atoms with E-state index in [-0.39, 0.29) is 12.2 Å².